The SMILES string of the molecule is CCOC(=O)Nc1ccc(C(=O)NCc2ccc(Cn3cccn3)cc2)cc1. The van der Waals surface area contributed by atoms with Gasteiger partial charge in [-0.1, -0.05) is 24.3 Å². The van der Waals surface area contributed by atoms with Gasteiger partial charge in [-0.15, -0.1) is 0 Å². The van der Waals surface area contributed by atoms with E-state index in [-0.39, 0.29) is 5.91 Å². The third-order valence-electron chi connectivity index (χ3n) is 4.05. The predicted octanol–water partition coefficient (Wildman–Crippen LogP) is 3.43. The van der Waals surface area contributed by atoms with Crippen LogP contribution < -0.4 is 10.6 Å². The fourth-order valence-electron chi connectivity index (χ4n) is 2.62. The second-order valence-electron chi connectivity index (χ2n) is 6.13. The van der Waals surface area contributed by atoms with Gasteiger partial charge < -0.3 is 10.1 Å². The Hall–Kier alpha value is -3.61. The molecule has 0 atom stereocenters. The zero-order valence-corrected chi connectivity index (χ0v) is 15.6. The average molecular weight is 378 g/mol. The van der Waals surface area contributed by atoms with Crippen molar-refractivity contribution < 1.29 is 14.3 Å². The summed E-state index contributed by atoms with van der Waals surface area (Å²) in [6, 6.07) is 16.6. The molecule has 0 aliphatic carbocycles. The number of amides is 2. The minimum atomic E-state index is -0.518. The molecule has 3 aromatic rings. The third kappa shape index (κ3) is 5.44. The van der Waals surface area contributed by atoms with E-state index in [4.69, 9.17) is 4.74 Å². The quantitative estimate of drug-likeness (QED) is 0.660. The number of nitrogens with one attached hydrogen (secondary N) is 2. The van der Waals surface area contributed by atoms with Crippen molar-refractivity contribution >= 4 is 17.7 Å². The van der Waals surface area contributed by atoms with Gasteiger partial charge in [0, 0.05) is 30.2 Å². The molecule has 7 heteroatoms. The molecule has 0 spiro atoms. The molecule has 1 aromatic heterocycles. The molecule has 0 bridgehead atoms. The van der Waals surface area contributed by atoms with Gasteiger partial charge in [-0.25, -0.2) is 4.79 Å². The summed E-state index contributed by atoms with van der Waals surface area (Å²) in [5.41, 5.74) is 3.24. The maximum Gasteiger partial charge on any atom is 0.411 e. The summed E-state index contributed by atoms with van der Waals surface area (Å²) in [6.07, 6.45) is 3.15. The van der Waals surface area contributed by atoms with Crippen LogP contribution in [0.2, 0.25) is 0 Å². The van der Waals surface area contributed by atoms with E-state index >= 15 is 0 Å². The number of carbonyl (C=O) groups is 2. The molecule has 3 rings (SSSR count). The summed E-state index contributed by atoms with van der Waals surface area (Å²) in [7, 11) is 0. The van der Waals surface area contributed by atoms with Gasteiger partial charge in [0.05, 0.1) is 13.2 Å². The summed E-state index contributed by atoms with van der Waals surface area (Å²) >= 11 is 0. The minimum absolute atomic E-state index is 0.177. The minimum Gasteiger partial charge on any atom is -0.450 e. The molecule has 0 saturated carbocycles. The lowest BCUT2D eigenvalue weighted by Crippen LogP contribution is -2.22. The van der Waals surface area contributed by atoms with Crippen molar-refractivity contribution in [3.63, 3.8) is 0 Å². The molecule has 0 fully saturated rings. The van der Waals surface area contributed by atoms with Crippen molar-refractivity contribution in [1.29, 1.82) is 0 Å². The molecular weight excluding hydrogens is 356 g/mol. The Morgan fingerprint density at radius 3 is 2.39 bits per heavy atom. The normalized spacial score (nSPS) is 10.3. The Morgan fingerprint density at radius 1 is 1.04 bits per heavy atom. The Balaban J connectivity index is 1.50. The number of hydrogen-bond acceptors (Lipinski definition) is 4. The third-order valence-corrected chi connectivity index (χ3v) is 4.05. The molecule has 0 aliphatic heterocycles. The lowest BCUT2D eigenvalue weighted by molar-refractivity contribution is 0.0951. The number of ether oxygens (including phenoxy) is 1. The zero-order chi connectivity index (χ0) is 19.8. The summed E-state index contributed by atoms with van der Waals surface area (Å²) < 4.78 is 6.67. The number of carbonyl (C=O) groups excluding carboxylic acids is 2. The lowest BCUT2D eigenvalue weighted by Gasteiger charge is -2.08. The number of aromatic nitrogens is 2. The molecule has 2 amide bonds. The molecule has 0 unspecified atom stereocenters. The molecule has 28 heavy (non-hydrogen) atoms. The summed E-state index contributed by atoms with van der Waals surface area (Å²) in [6.45, 7) is 3.19. The zero-order valence-electron chi connectivity index (χ0n) is 15.6. The van der Waals surface area contributed by atoms with Crippen LogP contribution in [-0.4, -0.2) is 28.4 Å². The van der Waals surface area contributed by atoms with Crippen LogP contribution in [-0.2, 0) is 17.8 Å². The van der Waals surface area contributed by atoms with Crippen LogP contribution in [0.4, 0.5) is 10.5 Å². The summed E-state index contributed by atoms with van der Waals surface area (Å²) in [5.74, 6) is -0.177. The number of anilines is 1. The van der Waals surface area contributed by atoms with Crippen LogP contribution in [0, 0.1) is 0 Å². The molecule has 144 valence electrons. The van der Waals surface area contributed by atoms with Crippen LogP contribution in [0.25, 0.3) is 0 Å². The average Bonchev–Trinajstić information content (AvgIpc) is 3.21. The van der Waals surface area contributed by atoms with Gasteiger partial charge in [0.1, 0.15) is 0 Å². The van der Waals surface area contributed by atoms with Gasteiger partial charge in [0.15, 0.2) is 0 Å². The van der Waals surface area contributed by atoms with E-state index in [1.807, 2.05) is 41.2 Å². The smallest absolute Gasteiger partial charge is 0.411 e. The highest BCUT2D eigenvalue weighted by molar-refractivity contribution is 5.95. The van der Waals surface area contributed by atoms with Crippen molar-refractivity contribution in [3.8, 4) is 0 Å². The number of rotatable bonds is 7. The fraction of sp³-hybridized carbons (Fsp3) is 0.190. The summed E-state index contributed by atoms with van der Waals surface area (Å²) in [5, 5.41) is 9.67. The first-order chi connectivity index (χ1) is 13.6. The van der Waals surface area contributed by atoms with Crippen molar-refractivity contribution in [2.75, 3.05) is 11.9 Å². The van der Waals surface area contributed by atoms with Crippen molar-refractivity contribution in [1.82, 2.24) is 15.1 Å². The highest BCUT2D eigenvalue weighted by Crippen LogP contribution is 2.11. The second-order valence-corrected chi connectivity index (χ2v) is 6.13. The van der Waals surface area contributed by atoms with Gasteiger partial charge in [0.2, 0.25) is 0 Å². The maximum absolute atomic E-state index is 12.3. The van der Waals surface area contributed by atoms with E-state index < -0.39 is 6.09 Å². The van der Waals surface area contributed by atoms with Gasteiger partial charge in [0.25, 0.3) is 5.91 Å². The first-order valence-electron chi connectivity index (χ1n) is 9.01. The Labute approximate surface area is 163 Å². The first-order valence-corrected chi connectivity index (χ1v) is 9.01. The van der Waals surface area contributed by atoms with Crippen LogP contribution >= 0.6 is 0 Å². The number of nitrogens with zero attached hydrogens (tertiary/aromatic N) is 2. The van der Waals surface area contributed by atoms with Gasteiger partial charge in [-0.3, -0.25) is 14.8 Å². The Bertz CT molecular complexity index is 904. The molecular formula is C21H22N4O3. The monoisotopic (exact) mass is 378 g/mol. The van der Waals surface area contributed by atoms with E-state index in [1.165, 1.54) is 0 Å². The molecule has 2 aromatic carbocycles. The van der Waals surface area contributed by atoms with E-state index in [9.17, 15) is 9.59 Å². The summed E-state index contributed by atoms with van der Waals surface area (Å²) in [4.78, 5) is 23.7. The predicted molar refractivity (Wildman–Crippen MR) is 106 cm³/mol. The molecule has 2 N–H and O–H groups in total. The highest BCUT2D eigenvalue weighted by Gasteiger charge is 2.07. The second kappa shape index (κ2) is 9.36. The van der Waals surface area contributed by atoms with Crippen molar-refractivity contribution in [3.05, 3.63) is 83.7 Å². The highest BCUT2D eigenvalue weighted by atomic mass is 16.5. The van der Waals surface area contributed by atoms with Crippen LogP contribution in [0.5, 0.6) is 0 Å². The molecule has 1 heterocycles. The molecule has 7 nitrogen and oxygen atoms in total. The Morgan fingerprint density at radius 2 is 1.75 bits per heavy atom. The van der Waals surface area contributed by atoms with Crippen molar-refractivity contribution in [2.24, 2.45) is 0 Å². The fourth-order valence-corrected chi connectivity index (χ4v) is 2.62. The topological polar surface area (TPSA) is 85.2 Å². The maximum atomic E-state index is 12.3. The lowest BCUT2D eigenvalue weighted by atomic mass is 10.1. The van der Waals surface area contributed by atoms with E-state index in [0.717, 1.165) is 11.1 Å². The van der Waals surface area contributed by atoms with E-state index in [1.54, 1.807) is 37.4 Å². The standard InChI is InChI=1S/C21H22N4O3/c1-2-28-21(27)24-19-10-8-18(9-11-19)20(26)22-14-16-4-6-17(7-5-16)15-25-13-3-12-23-25/h3-13H,2,14-15H2,1H3,(H,22,26)(H,24,27). The van der Waals surface area contributed by atoms with Crippen LogP contribution in [0.3, 0.4) is 0 Å². The van der Waals surface area contributed by atoms with E-state index in [2.05, 4.69) is 15.7 Å². The Kier molecular flexibility index (Phi) is 6.41. The van der Waals surface area contributed by atoms with Crippen LogP contribution in [0.1, 0.15) is 28.4 Å². The van der Waals surface area contributed by atoms with Gasteiger partial charge in [-0.05, 0) is 48.4 Å². The van der Waals surface area contributed by atoms with Gasteiger partial charge in [-0.2, -0.15) is 5.10 Å². The number of hydrogen-bond donors (Lipinski definition) is 2. The van der Waals surface area contributed by atoms with E-state index in [0.29, 0.717) is 30.9 Å². The molecule has 0 aliphatic rings. The largest absolute Gasteiger partial charge is 0.450 e. The van der Waals surface area contributed by atoms with Crippen LogP contribution in [0.15, 0.2) is 67.0 Å². The van der Waals surface area contributed by atoms with Crippen molar-refractivity contribution in [2.45, 2.75) is 20.0 Å². The van der Waals surface area contributed by atoms with Gasteiger partial charge >= 0.3 is 6.09 Å². The molecule has 0 radical (unpaired) electrons. The molecule has 0 saturated heterocycles. The first kappa shape index (κ1) is 19.2. The number of benzene rings is 2.